The first-order chi connectivity index (χ1) is 6.31. The zero-order valence-corrected chi connectivity index (χ0v) is 8.84. The zero-order chi connectivity index (χ0) is 9.94. The molecule has 0 radical (unpaired) electrons. The van der Waals surface area contributed by atoms with Gasteiger partial charge in [0.15, 0.2) is 0 Å². The molecule has 0 saturated carbocycles. The summed E-state index contributed by atoms with van der Waals surface area (Å²) in [4.78, 5) is 2.33. The van der Waals surface area contributed by atoms with E-state index in [0.717, 1.165) is 38.9 Å². The fraction of sp³-hybridized carbons (Fsp3) is 1.00. The van der Waals surface area contributed by atoms with Gasteiger partial charge >= 0.3 is 0 Å². The van der Waals surface area contributed by atoms with Crippen molar-refractivity contribution in [1.29, 1.82) is 0 Å². The van der Waals surface area contributed by atoms with Gasteiger partial charge in [0.1, 0.15) is 0 Å². The number of rotatable bonds is 9. The van der Waals surface area contributed by atoms with Crippen molar-refractivity contribution in [3.05, 3.63) is 0 Å². The minimum absolute atomic E-state index is 0.336. The van der Waals surface area contributed by atoms with Gasteiger partial charge in [-0.05, 0) is 45.9 Å². The summed E-state index contributed by atoms with van der Waals surface area (Å²) in [7, 11) is 2.14. The molecule has 0 spiro atoms. The fourth-order valence-electron chi connectivity index (χ4n) is 1.32. The Labute approximate surface area is 81.9 Å². The smallest absolute Gasteiger partial charge is 0.0431 e. The van der Waals surface area contributed by atoms with E-state index in [1.807, 2.05) is 0 Å². The van der Waals surface area contributed by atoms with E-state index < -0.39 is 0 Å². The summed E-state index contributed by atoms with van der Waals surface area (Å²) in [5.41, 5.74) is 5.42. The molecule has 0 aliphatic rings. The molecule has 13 heavy (non-hydrogen) atoms. The molecule has 0 amide bonds. The average molecular weight is 188 g/mol. The van der Waals surface area contributed by atoms with Crippen molar-refractivity contribution in [1.82, 2.24) is 4.90 Å². The van der Waals surface area contributed by atoms with E-state index in [1.165, 1.54) is 12.8 Å². The lowest BCUT2D eigenvalue weighted by molar-refractivity contribution is 0.277. The Morgan fingerprint density at radius 2 is 1.62 bits per heavy atom. The van der Waals surface area contributed by atoms with Crippen LogP contribution in [0.25, 0.3) is 0 Å². The summed E-state index contributed by atoms with van der Waals surface area (Å²) >= 11 is 0. The molecule has 0 fully saturated rings. The predicted octanol–water partition coefficient (Wildman–Crippen LogP) is 0.820. The van der Waals surface area contributed by atoms with E-state index >= 15 is 0 Å². The summed E-state index contributed by atoms with van der Waals surface area (Å²) in [6.45, 7) is 3.39. The monoisotopic (exact) mass is 188 g/mol. The maximum Gasteiger partial charge on any atom is 0.0431 e. The third-order valence-electron chi connectivity index (χ3n) is 2.19. The summed E-state index contributed by atoms with van der Waals surface area (Å²) < 4.78 is 0. The summed E-state index contributed by atoms with van der Waals surface area (Å²) in [6, 6.07) is 0. The summed E-state index contributed by atoms with van der Waals surface area (Å²) in [5, 5.41) is 8.57. The van der Waals surface area contributed by atoms with E-state index in [9.17, 15) is 0 Å². The third-order valence-corrected chi connectivity index (χ3v) is 2.19. The van der Waals surface area contributed by atoms with Crippen LogP contribution in [0.15, 0.2) is 0 Å². The minimum Gasteiger partial charge on any atom is -0.396 e. The molecule has 0 heterocycles. The molecule has 0 unspecified atom stereocenters. The number of nitrogens with two attached hydrogens (primary N) is 1. The van der Waals surface area contributed by atoms with Gasteiger partial charge in [-0.1, -0.05) is 12.8 Å². The van der Waals surface area contributed by atoms with Gasteiger partial charge in [-0.15, -0.1) is 0 Å². The van der Waals surface area contributed by atoms with Crippen LogP contribution in [0.4, 0.5) is 0 Å². The Balaban J connectivity index is 3.03. The molecule has 0 aliphatic heterocycles. The van der Waals surface area contributed by atoms with Crippen molar-refractivity contribution in [2.45, 2.75) is 32.1 Å². The highest BCUT2D eigenvalue weighted by Gasteiger charge is 1.96. The molecule has 3 N–H and O–H groups in total. The molecule has 0 atom stereocenters. The second-order valence-corrected chi connectivity index (χ2v) is 3.58. The highest BCUT2D eigenvalue weighted by molar-refractivity contribution is 4.52. The lowest BCUT2D eigenvalue weighted by Crippen LogP contribution is -2.22. The van der Waals surface area contributed by atoms with Crippen molar-refractivity contribution >= 4 is 0 Å². The standard InChI is InChI=1S/C10H24N2O/c1-12(9-6-7-11)8-4-2-3-5-10-13/h13H,2-11H2,1H3. The van der Waals surface area contributed by atoms with E-state index in [0.29, 0.717) is 6.61 Å². The lowest BCUT2D eigenvalue weighted by Gasteiger charge is -2.15. The van der Waals surface area contributed by atoms with Crippen LogP contribution < -0.4 is 5.73 Å². The van der Waals surface area contributed by atoms with Gasteiger partial charge in [-0.25, -0.2) is 0 Å². The molecule has 0 saturated heterocycles. The molecule has 0 aromatic rings. The Bertz CT molecular complexity index is 98.9. The van der Waals surface area contributed by atoms with Crippen LogP contribution in [0, 0.1) is 0 Å². The molecule has 0 aliphatic carbocycles. The van der Waals surface area contributed by atoms with Crippen molar-refractivity contribution in [2.24, 2.45) is 5.73 Å². The van der Waals surface area contributed by atoms with E-state index in [-0.39, 0.29) is 0 Å². The quantitative estimate of drug-likeness (QED) is 0.527. The molecular weight excluding hydrogens is 164 g/mol. The van der Waals surface area contributed by atoms with Crippen LogP contribution in [-0.2, 0) is 0 Å². The van der Waals surface area contributed by atoms with Gasteiger partial charge in [0.25, 0.3) is 0 Å². The Kier molecular flexibility index (Phi) is 9.87. The molecule has 0 aromatic carbocycles. The number of hydrogen-bond acceptors (Lipinski definition) is 3. The van der Waals surface area contributed by atoms with Crippen LogP contribution in [0.2, 0.25) is 0 Å². The topological polar surface area (TPSA) is 49.5 Å². The number of aliphatic hydroxyl groups excluding tert-OH is 1. The van der Waals surface area contributed by atoms with Gasteiger partial charge in [0, 0.05) is 6.61 Å². The first-order valence-corrected chi connectivity index (χ1v) is 5.30. The van der Waals surface area contributed by atoms with Crippen LogP contribution in [-0.4, -0.2) is 43.3 Å². The Hall–Kier alpha value is -0.120. The van der Waals surface area contributed by atoms with Crippen LogP contribution >= 0.6 is 0 Å². The van der Waals surface area contributed by atoms with Crippen molar-refractivity contribution in [2.75, 3.05) is 33.3 Å². The first kappa shape index (κ1) is 12.9. The van der Waals surface area contributed by atoms with Gasteiger partial charge in [-0.3, -0.25) is 0 Å². The second-order valence-electron chi connectivity index (χ2n) is 3.58. The maximum atomic E-state index is 8.57. The minimum atomic E-state index is 0.336. The highest BCUT2D eigenvalue weighted by atomic mass is 16.2. The molecule has 0 rings (SSSR count). The van der Waals surface area contributed by atoms with Crippen LogP contribution in [0.5, 0.6) is 0 Å². The maximum absolute atomic E-state index is 8.57. The fourth-order valence-corrected chi connectivity index (χ4v) is 1.32. The third kappa shape index (κ3) is 9.80. The SMILES string of the molecule is CN(CCCN)CCCCCCO. The van der Waals surface area contributed by atoms with E-state index in [4.69, 9.17) is 10.8 Å². The molecule has 3 nitrogen and oxygen atoms in total. The number of hydrogen-bond donors (Lipinski definition) is 2. The van der Waals surface area contributed by atoms with Crippen molar-refractivity contribution in [3.63, 3.8) is 0 Å². The average Bonchev–Trinajstić information content (AvgIpc) is 2.14. The van der Waals surface area contributed by atoms with E-state index in [2.05, 4.69) is 11.9 Å². The van der Waals surface area contributed by atoms with Crippen molar-refractivity contribution < 1.29 is 5.11 Å². The van der Waals surface area contributed by atoms with Crippen molar-refractivity contribution in [3.8, 4) is 0 Å². The number of unbranched alkanes of at least 4 members (excludes halogenated alkanes) is 3. The molecule has 80 valence electrons. The van der Waals surface area contributed by atoms with Gasteiger partial charge < -0.3 is 15.7 Å². The zero-order valence-electron chi connectivity index (χ0n) is 8.84. The molecular formula is C10H24N2O. The Morgan fingerprint density at radius 1 is 1.00 bits per heavy atom. The van der Waals surface area contributed by atoms with Crippen LogP contribution in [0.3, 0.4) is 0 Å². The largest absolute Gasteiger partial charge is 0.396 e. The molecule has 3 heteroatoms. The van der Waals surface area contributed by atoms with Crippen LogP contribution in [0.1, 0.15) is 32.1 Å². The van der Waals surface area contributed by atoms with Gasteiger partial charge in [-0.2, -0.15) is 0 Å². The predicted molar refractivity (Wildman–Crippen MR) is 56.7 cm³/mol. The lowest BCUT2D eigenvalue weighted by atomic mass is 10.2. The van der Waals surface area contributed by atoms with Gasteiger partial charge in [0.2, 0.25) is 0 Å². The first-order valence-electron chi connectivity index (χ1n) is 5.30. The van der Waals surface area contributed by atoms with E-state index in [1.54, 1.807) is 0 Å². The molecule has 0 aromatic heterocycles. The Morgan fingerprint density at radius 3 is 2.23 bits per heavy atom. The molecule has 0 bridgehead atoms. The highest BCUT2D eigenvalue weighted by Crippen LogP contribution is 2.00. The summed E-state index contributed by atoms with van der Waals surface area (Å²) in [6.07, 6.45) is 5.66. The summed E-state index contributed by atoms with van der Waals surface area (Å²) in [5.74, 6) is 0. The van der Waals surface area contributed by atoms with Gasteiger partial charge in [0.05, 0.1) is 0 Å². The number of nitrogens with zero attached hydrogens (tertiary/aromatic N) is 1. The normalized spacial score (nSPS) is 11.1. The second kappa shape index (κ2) is 9.96. The number of aliphatic hydroxyl groups is 1.